The molecule has 0 heterocycles. The van der Waals surface area contributed by atoms with Gasteiger partial charge in [-0.25, -0.2) is 0 Å². The molecule has 0 radical (unpaired) electrons. The monoisotopic (exact) mass is 734 g/mol. The van der Waals surface area contributed by atoms with E-state index < -0.39 is 0 Å². The zero-order valence-corrected chi connectivity index (χ0v) is 33.4. The Morgan fingerprint density at radius 2 is 1.21 bits per heavy atom. The molecule has 57 heavy (non-hydrogen) atoms. The van der Waals surface area contributed by atoms with Gasteiger partial charge < -0.3 is 0 Å². The third-order valence-electron chi connectivity index (χ3n) is 11.2. The quantitative estimate of drug-likeness (QED) is 0.0705. The lowest BCUT2D eigenvalue weighted by atomic mass is 9.83. The van der Waals surface area contributed by atoms with Gasteiger partial charge in [-0.2, -0.15) is 0 Å². The third kappa shape index (κ3) is 7.95. The minimum Gasteiger partial charge on any atom is -0.103 e. The highest BCUT2D eigenvalue weighted by Gasteiger charge is 2.20. The first-order valence-electron chi connectivity index (χ1n) is 20.4. The Labute approximate surface area is 339 Å². The number of fused-ring (bicyclic) bond motifs is 2. The van der Waals surface area contributed by atoms with Crippen molar-refractivity contribution in [2.24, 2.45) is 0 Å². The van der Waals surface area contributed by atoms with E-state index in [0.29, 0.717) is 0 Å². The zero-order chi connectivity index (χ0) is 39.1. The summed E-state index contributed by atoms with van der Waals surface area (Å²) in [6.45, 7) is 10.7. The van der Waals surface area contributed by atoms with Crippen molar-refractivity contribution in [3.8, 4) is 44.5 Å². The maximum atomic E-state index is 4.10. The van der Waals surface area contributed by atoms with Gasteiger partial charge in [-0.3, -0.25) is 0 Å². The molecule has 0 fully saturated rings. The largest absolute Gasteiger partial charge is 0.103 e. The molecule has 0 spiro atoms. The summed E-state index contributed by atoms with van der Waals surface area (Å²) in [7, 11) is 0. The SMILES string of the molecule is C=CCc1cc(/C=C/C)cc(-c2c3ccccc3c(-c3cc(-c4ccccc4)cc(-c4ccccc4)c3)c3ccc(/C(=C/C=C(\C)C4=CCCC=C4)CC)cc23)c1. The van der Waals surface area contributed by atoms with Crippen molar-refractivity contribution in [2.45, 2.75) is 46.5 Å². The van der Waals surface area contributed by atoms with Crippen molar-refractivity contribution in [2.75, 3.05) is 0 Å². The van der Waals surface area contributed by atoms with Crippen molar-refractivity contribution in [1.29, 1.82) is 0 Å². The number of rotatable bonds is 11. The van der Waals surface area contributed by atoms with Crippen LogP contribution in [0.1, 0.15) is 56.7 Å². The molecule has 0 atom stereocenters. The highest BCUT2D eigenvalue weighted by Crippen LogP contribution is 2.46. The Morgan fingerprint density at radius 3 is 1.82 bits per heavy atom. The highest BCUT2D eigenvalue weighted by molar-refractivity contribution is 6.22. The van der Waals surface area contributed by atoms with Gasteiger partial charge in [-0.05, 0) is 169 Å². The fourth-order valence-corrected chi connectivity index (χ4v) is 8.45. The van der Waals surface area contributed by atoms with Crippen LogP contribution in [0.3, 0.4) is 0 Å². The molecule has 0 heteroatoms. The van der Waals surface area contributed by atoms with E-state index in [1.807, 2.05) is 6.08 Å². The summed E-state index contributed by atoms with van der Waals surface area (Å²) in [6.07, 6.45) is 21.9. The van der Waals surface area contributed by atoms with E-state index in [-0.39, 0.29) is 0 Å². The van der Waals surface area contributed by atoms with Crippen LogP contribution in [0.4, 0.5) is 0 Å². The summed E-state index contributed by atoms with van der Waals surface area (Å²) in [6, 6.07) is 52.0. The molecule has 278 valence electrons. The second-order valence-electron chi connectivity index (χ2n) is 15.1. The van der Waals surface area contributed by atoms with Gasteiger partial charge in [-0.1, -0.05) is 165 Å². The number of benzene rings is 7. The van der Waals surface area contributed by atoms with Crippen LogP contribution in [0.25, 0.3) is 77.7 Å². The van der Waals surface area contributed by atoms with Gasteiger partial charge in [0.2, 0.25) is 0 Å². The molecule has 0 aliphatic heterocycles. The Hall–Kier alpha value is -6.50. The smallest absolute Gasteiger partial charge is 0.00258 e. The molecule has 0 saturated carbocycles. The summed E-state index contributed by atoms with van der Waals surface area (Å²) in [4.78, 5) is 0. The van der Waals surface area contributed by atoms with Gasteiger partial charge in [0.1, 0.15) is 0 Å². The molecule has 7 aromatic carbocycles. The molecule has 1 aliphatic rings. The van der Waals surface area contributed by atoms with Crippen LogP contribution in [-0.4, -0.2) is 0 Å². The first-order valence-corrected chi connectivity index (χ1v) is 20.4. The van der Waals surface area contributed by atoms with E-state index in [2.05, 4.69) is 209 Å². The normalized spacial score (nSPS) is 13.4. The predicted octanol–water partition coefficient (Wildman–Crippen LogP) is 16.4. The minimum atomic E-state index is 0.812. The summed E-state index contributed by atoms with van der Waals surface area (Å²) >= 11 is 0. The second kappa shape index (κ2) is 17.1. The topological polar surface area (TPSA) is 0 Å². The van der Waals surface area contributed by atoms with Gasteiger partial charge in [0.05, 0.1) is 0 Å². The fourth-order valence-electron chi connectivity index (χ4n) is 8.45. The Morgan fingerprint density at radius 1 is 0.596 bits per heavy atom. The van der Waals surface area contributed by atoms with Crippen LogP contribution in [0, 0.1) is 0 Å². The molecule has 0 amide bonds. The van der Waals surface area contributed by atoms with E-state index in [1.54, 1.807) is 0 Å². The molecule has 0 N–H and O–H groups in total. The Balaban J connectivity index is 1.45. The molecule has 7 aromatic rings. The molecule has 0 saturated heterocycles. The Kier molecular flexibility index (Phi) is 11.2. The zero-order valence-electron chi connectivity index (χ0n) is 33.4. The number of hydrogen-bond donors (Lipinski definition) is 0. The van der Waals surface area contributed by atoms with Crippen molar-refractivity contribution < 1.29 is 0 Å². The summed E-state index contributed by atoms with van der Waals surface area (Å²) in [5, 5.41) is 5.00. The van der Waals surface area contributed by atoms with E-state index in [0.717, 1.165) is 25.7 Å². The summed E-state index contributed by atoms with van der Waals surface area (Å²) in [5.74, 6) is 0. The minimum absolute atomic E-state index is 0.812. The van der Waals surface area contributed by atoms with Crippen LogP contribution in [0.2, 0.25) is 0 Å². The molecule has 8 rings (SSSR count). The van der Waals surface area contributed by atoms with Gasteiger partial charge in [0.15, 0.2) is 0 Å². The molecule has 1 aliphatic carbocycles. The van der Waals surface area contributed by atoms with Gasteiger partial charge >= 0.3 is 0 Å². The second-order valence-corrected chi connectivity index (χ2v) is 15.1. The van der Waals surface area contributed by atoms with Crippen LogP contribution >= 0.6 is 0 Å². The molecule has 0 aromatic heterocycles. The first-order chi connectivity index (χ1) is 28.0. The van der Waals surface area contributed by atoms with Crippen molar-refractivity contribution in [3.05, 3.63) is 216 Å². The highest BCUT2D eigenvalue weighted by atomic mass is 14.2. The number of hydrogen-bond acceptors (Lipinski definition) is 0. The summed E-state index contributed by atoms with van der Waals surface area (Å²) in [5.41, 5.74) is 17.5. The third-order valence-corrected chi connectivity index (χ3v) is 11.2. The predicted molar refractivity (Wildman–Crippen MR) is 250 cm³/mol. The lowest BCUT2D eigenvalue weighted by Crippen LogP contribution is -1.95. The number of allylic oxidation sites excluding steroid dienone is 10. The van der Waals surface area contributed by atoms with E-state index in [9.17, 15) is 0 Å². The average molecular weight is 735 g/mol. The van der Waals surface area contributed by atoms with Crippen LogP contribution in [0.15, 0.2) is 200 Å². The molecule has 0 bridgehead atoms. The molecular formula is C57H50. The lowest BCUT2D eigenvalue weighted by Gasteiger charge is -2.21. The van der Waals surface area contributed by atoms with Crippen LogP contribution in [0.5, 0.6) is 0 Å². The standard InChI is InChI=1S/C57H50/c1-5-19-41-33-42(20-6-2)35-50(34-41)57-53-28-18-17-27-52(53)56(51-37-48(45-23-13-9-14-24-45)36-49(38-51)46-25-15-10-16-26-46)54-32-31-47(39-55(54)57)43(7-3)30-29-40(4)44-21-11-8-12-22-44/h5-6,9-11,13-18,20-39H,1,7-8,12,19H2,2-4H3/b20-6+,40-29+,43-30+. The summed E-state index contributed by atoms with van der Waals surface area (Å²) < 4.78 is 0. The van der Waals surface area contributed by atoms with Crippen LogP contribution in [-0.2, 0) is 6.42 Å². The molecule has 0 nitrogen and oxygen atoms in total. The maximum Gasteiger partial charge on any atom is -0.00258 e. The van der Waals surface area contributed by atoms with Gasteiger partial charge in [-0.15, -0.1) is 6.58 Å². The average Bonchev–Trinajstić information content (AvgIpc) is 3.26. The van der Waals surface area contributed by atoms with E-state index in [1.165, 1.54) is 99.5 Å². The maximum absolute atomic E-state index is 4.10. The van der Waals surface area contributed by atoms with E-state index in [4.69, 9.17) is 0 Å². The molecular weight excluding hydrogens is 685 g/mol. The lowest BCUT2D eigenvalue weighted by molar-refractivity contribution is 1.02. The Bertz CT molecular complexity index is 2690. The van der Waals surface area contributed by atoms with Crippen molar-refractivity contribution in [3.63, 3.8) is 0 Å². The van der Waals surface area contributed by atoms with Gasteiger partial charge in [0.25, 0.3) is 0 Å². The molecule has 0 unspecified atom stereocenters. The van der Waals surface area contributed by atoms with E-state index >= 15 is 0 Å². The fraction of sp³-hybridized carbons (Fsp3) is 0.123. The van der Waals surface area contributed by atoms with Gasteiger partial charge in [0, 0.05) is 0 Å². The van der Waals surface area contributed by atoms with Crippen molar-refractivity contribution in [1.82, 2.24) is 0 Å². The van der Waals surface area contributed by atoms with Crippen LogP contribution < -0.4 is 0 Å². The first kappa shape index (κ1) is 37.4. The van der Waals surface area contributed by atoms with Crippen molar-refractivity contribution >= 4 is 33.2 Å².